The summed E-state index contributed by atoms with van der Waals surface area (Å²) in [4.78, 5) is 13.5. The summed E-state index contributed by atoms with van der Waals surface area (Å²) in [6.07, 6.45) is 0. The molecule has 0 saturated heterocycles. The van der Waals surface area contributed by atoms with Gasteiger partial charge in [0.1, 0.15) is 8.98 Å². The van der Waals surface area contributed by atoms with Crippen LogP contribution in [0.1, 0.15) is 35.8 Å². The Balaban J connectivity index is 2.08. The fourth-order valence-electron chi connectivity index (χ4n) is 3.92. The molecule has 3 aromatic rings. The normalized spacial score (nSPS) is 21.2. The summed E-state index contributed by atoms with van der Waals surface area (Å²) in [6, 6.07) is 13.4. The number of ketones is 1. The average molecular weight is 541 g/mol. The number of rotatable bonds is 3. The van der Waals surface area contributed by atoms with Crippen LogP contribution in [0.15, 0.2) is 53.4 Å². The van der Waals surface area contributed by atoms with Crippen LogP contribution in [-0.4, -0.2) is 28.5 Å². The molecule has 0 amide bonds. The van der Waals surface area contributed by atoms with Gasteiger partial charge in [0.25, 0.3) is 10.0 Å². The Hall–Kier alpha value is -1.64. The van der Waals surface area contributed by atoms with Crippen molar-refractivity contribution in [3.63, 3.8) is 0 Å². The fourth-order valence-corrected chi connectivity index (χ4v) is 6.73. The first-order valence-corrected chi connectivity index (χ1v) is 12.1. The molecule has 2 atom stereocenters. The van der Waals surface area contributed by atoms with Gasteiger partial charge in [0.05, 0.1) is 23.1 Å². The number of nitrogens with zero attached hydrogens (tertiary/aromatic N) is 1. The van der Waals surface area contributed by atoms with Crippen molar-refractivity contribution in [2.45, 2.75) is 27.9 Å². The SMILES string of the molecule is COc1ccc(S(=O)(=O)n2c3c(c4ccccc42)C(=O)C(Br)(Br)[C@H](C)[C@H]3C)cc1. The number of para-hydroxylation sites is 1. The molecule has 0 radical (unpaired) electrons. The van der Waals surface area contributed by atoms with E-state index in [1.165, 1.54) is 23.2 Å². The van der Waals surface area contributed by atoms with Crippen molar-refractivity contribution in [1.82, 2.24) is 3.97 Å². The summed E-state index contributed by atoms with van der Waals surface area (Å²) in [6.45, 7) is 3.88. The third kappa shape index (κ3) is 2.91. The molecule has 1 heterocycles. The van der Waals surface area contributed by atoms with Crippen molar-refractivity contribution in [1.29, 1.82) is 0 Å². The molecule has 0 N–H and O–H groups in total. The maximum absolute atomic E-state index is 13.7. The minimum absolute atomic E-state index is 0.142. The van der Waals surface area contributed by atoms with Crippen molar-refractivity contribution in [2.24, 2.45) is 5.92 Å². The number of ether oxygens (including phenoxy) is 1. The zero-order valence-corrected chi connectivity index (χ0v) is 20.0. The van der Waals surface area contributed by atoms with Gasteiger partial charge in [-0.1, -0.05) is 63.9 Å². The van der Waals surface area contributed by atoms with Gasteiger partial charge in [-0.25, -0.2) is 12.4 Å². The van der Waals surface area contributed by atoms with E-state index in [2.05, 4.69) is 31.9 Å². The molecule has 4 rings (SSSR count). The van der Waals surface area contributed by atoms with Crippen LogP contribution in [0.2, 0.25) is 0 Å². The first-order chi connectivity index (χ1) is 13.6. The summed E-state index contributed by atoms with van der Waals surface area (Å²) in [5.41, 5.74) is 1.46. The fraction of sp³-hybridized carbons (Fsp3) is 0.286. The Kier molecular flexibility index (Phi) is 4.95. The van der Waals surface area contributed by atoms with E-state index in [4.69, 9.17) is 4.74 Å². The minimum Gasteiger partial charge on any atom is -0.497 e. The number of alkyl halides is 2. The standard InChI is InChI=1S/C21H19Br2NO4S/c1-12-13(2)21(22,23)20(25)18-16-6-4-5-7-17(16)24(19(12)18)29(26,27)15-10-8-14(28-3)9-11-15/h4-13H,1-3H3/t12-,13-/m1/s1. The van der Waals surface area contributed by atoms with Gasteiger partial charge in [0, 0.05) is 17.0 Å². The number of aromatic nitrogens is 1. The summed E-state index contributed by atoms with van der Waals surface area (Å²) >= 11 is 7.07. The quantitative estimate of drug-likeness (QED) is 0.422. The van der Waals surface area contributed by atoms with Gasteiger partial charge >= 0.3 is 0 Å². The lowest BCUT2D eigenvalue weighted by Crippen LogP contribution is -2.41. The zero-order valence-electron chi connectivity index (χ0n) is 16.0. The lowest BCUT2D eigenvalue weighted by Gasteiger charge is -2.36. The van der Waals surface area contributed by atoms with Crippen LogP contribution < -0.4 is 4.74 Å². The highest BCUT2D eigenvalue weighted by Crippen LogP contribution is 2.52. The second kappa shape index (κ2) is 6.96. The highest BCUT2D eigenvalue weighted by Gasteiger charge is 2.50. The lowest BCUT2D eigenvalue weighted by atomic mass is 9.79. The predicted octanol–water partition coefficient (Wildman–Crippen LogP) is 5.31. The van der Waals surface area contributed by atoms with Gasteiger partial charge in [0.2, 0.25) is 0 Å². The average Bonchev–Trinajstić information content (AvgIpc) is 3.07. The van der Waals surface area contributed by atoms with Crippen LogP contribution >= 0.6 is 31.9 Å². The van der Waals surface area contributed by atoms with Crippen LogP contribution in [0.5, 0.6) is 5.75 Å². The summed E-state index contributed by atoms with van der Waals surface area (Å²) in [5, 5.41) is 0.631. The topological polar surface area (TPSA) is 65.4 Å². The molecule has 1 aromatic heterocycles. The van der Waals surface area contributed by atoms with E-state index >= 15 is 0 Å². The smallest absolute Gasteiger partial charge is 0.268 e. The maximum atomic E-state index is 13.7. The molecule has 8 heteroatoms. The van der Waals surface area contributed by atoms with Crippen LogP contribution in [0.4, 0.5) is 0 Å². The molecular formula is C21H19Br2NO4S. The number of fused-ring (bicyclic) bond motifs is 3. The summed E-state index contributed by atoms with van der Waals surface area (Å²) < 4.78 is 32.9. The molecule has 1 aliphatic carbocycles. The van der Waals surface area contributed by atoms with Gasteiger partial charge in [-0.15, -0.1) is 0 Å². The molecule has 0 saturated carbocycles. The Bertz CT molecular complexity index is 1230. The number of halogens is 2. The molecule has 0 spiro atoms. The molecule has 152 valence electrons. The predicted molar refractivity (Wildman–Crippen MR) is 120 cm³/mol. The second-order valence-corrected chi connectivity index (χ2v) is 12.6. The van der Waals surface area contributed by atoms with Gasteiger partial charge in [-0.3, -0.25) is 4.79 Å². The Morgan fingerprint density at radius 2 is 1.66 bits per heavy atom. The Labute approximate surface area is 186 Å². The number of hydrogen-bond donors (Lipinski definition) is 0. The first kappa shape index (κ1) is 20.6. The molecule has 29 heavy (non-hydrogen) atoms. The largest absolute Gasteiger partial charge is 0.497 e. The molecule has 0 bridgehead atoms. The number of benzene rings is 2. The third-order valence-corrected chi connectivity index (χ3v) is 9.65. The summed E-state index contributed by atoms with van der Waals surface area (Å²) in [5.74, 6) is 0.0420. The van der Waals surface area contributed by atoms with Gasteiger partial charge in [-0.2, -0.15) is 0 Å². The molecule has 2 aromatic carbocycles. The van der Waals surface area contributed by atoms with E-state index < -0.39 is 13.3 Å². The Morgan fingerprint density at radius 1 is 1.03 bits per heavy atom. The van der Waals surface area contributed by atoms with Crippen LogP contribution in [0, 0.1) is 5.92 Å². The van der Waals surface area contributed by atoms with E-state index in [0.29, 0.717) is 27.9 Å². The summed E-state index contributed by atoms with van der Waals surface area (Å²) in [7, 11) is -2.40. The van der Waals surface area contributed by atoms with E-state index in [-0.39, 0.29) is 22.5 Å². The van der Waals surface area contributed by atoms with E-state index in [1.54, 1.807) is 30.3 Å². The molecule has 1 aliphatic rings. The number of Topliss-reactive ketones (excluding diaryl/α,β-unsaturated/α-hetero) is 1. The third-order valence-electron chi connectivity index (χ3n) is 5.75. The second-order valence-electron chi connectivity index (χ2n) is 7.25. The van der Waals surface area contributed by atoms with Crippen molar-refractivity contribution in [2.75, 3.05) is 7.11 Å². The number of hydrogen-bond acceptors (Lipinski definition) is 4. The highest BCUT2D eigenvalue weighted by atomic mass is 79.9. The van der Waals surface area contributed by atoms with Crippen molar-refractivity contribution >= 4 is 58.6 Å². The molecule has 0 fully saturated rings. The van der Waals surface area contributed by atoms with E-state index in [9.17, 15) is 13.2 Å². The highest BCUT2D eigenvalue weighted by molar-refractivity contribution is 9.26. The molecular weight excluding hydrogens is 522 g/mol. The maximum Gasteiger partial charge on any atom is 0.268 e. The van der Waals surface area contributed by atoms with Crippen LogP contribution in [0.3, 0.4) is 0 Å². The van der Waals surface area contributed by atoms with Gasteiger partial charge < -0.3 is 4.74 Å². The molecule has 0 unspecified atom stereocenters. The van der Waals surface area contributed by atoms with Crippen molar-refractivity contribution in [3.05, 3.63) is 59.8 Å². The first-order valence-electron chi connectivity index (χ1n) is 9.08. The molecule has 5 nitrogen and oxygen atoms in total. The van der Waals surface area contributed by atoms with Crippen molar-refractivity contribution < 1.29 is 17.9 Å². The monoisotopic (exact) mass is 539 g/mol. The van der Waals surface area contributed by atoms with Gasteiger partial charge in [-0.05, 0) is 36.2 Å². The lowest BCUT2D eigenvalue weighted by molar-refractivity contribution is 0.0945. The Morgan fingerprint density at radius 3 is 2.28 bits per heavy atom. The van der Waals surface area contributed by atoms with Crippen LogP contribution in [-0.2, 0) is 10.0 Å². The molecule has 0 aliphatic heterocycles. The van der Waals surface area contributed by atoms with Crippen LogP contribution in [0.25, 0.3) is 10.9 Å². The number of methoxy groups -OCH3 is 1. The number of carbonyl (C=O) groups excluding carboxylic acids is 1. The van der Waals surface area contributed by atoms with Gasteiger partial charge in [0.15, 0.2) is 5.78 Å². The van der Waals surface area contributed by atoms with Crippen molar-refractivity contribution in [3.8, 4) is 5.75 Å². The minimum atomic E-state index is -3.93. The van der Waals surface area contributed by atoms with E-state index in [0.717, 1.165) is 0 Å². The van der Waals surface area contributed by atoms with E-state index in [1.807, 2.05) is 19.9 Å². The number of carbonyl (C=O) groups is 1. The zero-order chi connectivity index (χ0) is 21.1.